The molecule has 27 heavy (non-hydrogen) atoms. The lowest BCUT2D eigenvalue weighted by atomic mass is 10.1. The first-order valence-electron chi connectivity index (χ1n) is 7.99. The lowest BCUT2D eigenvalue weighted by Crippen LogP contribution is -2.30. The van der Waals surface area contributed by atoms with E-state index in [1.54, 1.807) is 36.4 Å². The molecule has 0 fully saturated rings. The summed E-state index contributed by atoms with van der Waals surface area (Å²) in [5.41, 5.74) is 1.15. The SMILES string of the molecule is COc1ccc(C(=O)OCC(=O)NCCc2ccc(S(N)(=O)=O)cc2)cc1. The number of nitrogens with one attached hydrogen (secondary N) is 1. The minimum atomic E-state index is -3.72. The monoisotopic (exact) mass is 392 g/mol. The molecule has 0 aliphatic carbocycles. The first kappa shape index (κ1) is 20.4. The molecule has 0 aliphatic heterocycles. The van der Waals surface area contributed by atoms with Crippen LogP contribution in [0.2, 0.25) is 0 Å². The molecule has 0 spiro atoms. The van der Waals surface area contributed by atoms with Gasteiger partial charge in [-0.05, 0) is 48.4 Å². The molecule has 8 nitrogen and oxygen atoms in total. The predicted octanol–water partition coefficient (Wildman–Crippen LogP) is 0.858. The number of methoxy groups -OCH3 is 1. The van der Waals surface area contributed by atoms with Crippen molar-refractivity contribution in [1.82, 2.24) is 5.32 Å². The van der Waals surface area contributed by atoms with Crippen LogP contribution in [0.4, 0.5) is 0 Å². The van der Waals surface area contributed by atoms with Gasteiger partial charge in [-0.15, -0.1) is 0 Å². The van der Waals surface area contributed by atoms with E-state index in [0.29, 0.717) is 24.3 Å². The maximum atomic E-state index is 11.9. The number of hydrogen-bond donors (Lipinski definition) is 2. The van der Waals surface area contributed by atoms with Gasteiger partial charge in [0.05, 0.1) is 17.6 Å². The van der Waals surface area contributed by atoms with Crippen LogP contribution in [-0.4, -0.2) is 40.6 Å². The van der Waals surface area contributed by atoms with Gasteiger partial charge in [0.25, 0.3) is 5.91 Å². The summed E-state index contributed by atoms with van der Waals surface area (Å²) in [4.78, 5) is 23.6. The van der Waals surface area contributed by atoms with Gasteiger partial charge >= 0.3 is 5.97 Å². The van der Waals surface area contributed by atoms with E-state index in [0.717, 1.165) is 5.56 Å². The second-order valence-electron chi connectivity index (χ2n) is 5.59. The number of carbonyl (C=O) groups is 2. The summed E-state index contributed by atoms with van der Waals surface area (Å²) < 4.78 is 32.3. The summed E-state index contributed by atoms with van der Waals surface area (Å²) in [6.07, 6.45) is 0.489. The number of rotatable bonds is 8. The number of esters is 1. The Morgan fingerprint density at radius 3 is 2.22 bits per heavy atom. The third kappa shape index (κ3) is 6.39. The smallest absolute Gasteiger partial charge is 0.338 e. The zero-order chi connectivity index (χ0) is 19.9. The van der Waals surface area contributed by atoms with Gasteiger partial charge in [-0.1, -0.05) is 12.1 Å². The summed E-state index contributed by atoms with van der Waals surface area (Å²) in [5.74, 6) is -0.425. The molecule has 0 unspecified atom stereocenters. The Morgan fingerprint density at radius 2 is 1.67 bits per heavy atom. The number of benzene rings is 2. The Kier molecular flexibility index (Phi) is 6.91. The van der Waals surface area contributed by atoms with Crippen LogP contribution in [0.5, 0.6) is 5.75 Å². The Bertz CT molecular complexity index is 892. The van der Waals surface area contributed by atoms with E-state index in [4.69, 9.17) is 14.6 Å². The molecular weight excluding hydrogens is 372 g/mol. The normalized spacial score (nSPS) is 10.9. The Balaban J connectivity index is 1.73. The van der Waals surface area contributed by atoms with Gasteiger partial charge in [0, 0.05) is 6.54 Å². The lowest BCUT2D eigenvalue weighted by Gasteiger charge is -2.07. The Hall–Kier alpha value is -2.91. The molecule has 1 amide bonds. The molecular formula is C18H20N2O6S. The van der Waals surface area contributed by atoms with Gasteiger partial charge in [-0.25, -0.2) is 18.4 Å². The van der Waals surface area contributed by atoms with Crippen molar-refractivity contribution in [2.45, 2.75) is 11.3 Å². The number of hydrogen-bond acceptors (Lipinski definition) is 6. The van der Waals surface area contributed by atoms with Crippen molar-refractivity contribution in [1.29, 1.82) is 0 Å². The third-order valence-corrected chi connectivity index (χ3v) is 4.58. The van der Waals surface area contributed by atoms with Crippen LogP contribution in [0.1, 0.15) is 15.9 Å². The van der Waals surface area contributed by atoms with E-state index < -0.39 is 28.5 Å². The molecule has 144 valence electrons. The van der Waals surface area contributed by atoms with Crippen molar-refractivity contribution in [2.75, 3.05) is 20.3 Å². The number of primary sulfonamides is 1. The Labute approximate surface area is 157 Å². The fraction of sp³-hybridized carbons (Fsp3) is 0.222. The molecule has 0 saturated heterocycles. The molecule has 0 atom stereocenters. The van der Waals surface area contributed by atoms with Gasteiger partial charge in [-0.2, -0.15) is 0 Å². The van der Waals surface area contributed by atoms with Crippen molar-refractivity contribution in [3.63, 3.8) is 0 Å². The van der Waals surface area contributed by atoms with Crippen LogP contribution in [0.25, 0.3) is 0 Å². The highest BCUT2D eigenvalue weighted by atomic mass is 32.2. The summed E-state index contributed by atoms with van der Waals surface area (Å²) in [7, 11) is -2.20. The van der Waals surface area contributed by atoms with Crippen LogP contribution < -0.4 is 15.2 Å². The molecule has 0 heterocycles. The summed E-state index contributed by atoms with van der Waals surface area (Å²) in [5, 5.41) is 7.65. The van der Waals surface area contributed by atoms with Crippen LogP contribution in [0, 0.1) is 0 Å². The van der Waals surface area contributed by atoms with Crippen LogP contribution in [0.15, 0.2) is 53.4 Å². The topological polar surface area (TPSA) is 125 Å². The van der Waals surface area contributed by atoms with Gasteiger partial charge in [-0.3, -0.25) is 4.79 Å². The highest BCUT2D eigenvalue weighted by Crippen LogP contribution is 2.12. The zero-order valence-electron chi connectivity index (χ0n) is 14.7. The first-order chi connectivity index (χ1) is 12.8. The Morgan fingerprint density at radius 1 is 1.04 bits per heavy atom. The van der Waals surface area contributed by atoms with Crippen molar-refractivity contribution in [3.8, 4) is 5.75 Å². The number of carbonyl (C=O) groups excluding carboxylic acids is 2. The third-order valence-electron chi connectivity index (χ3n) is 3.65. The van der Waals surface area contributed by atoms with E-state index in [1.807, 2.05) is 0 Å². The molecule has 0 radical (unpaired) electrons. The van der Waals surface area contributed by atoms with Crippen molar-refractivity contribution in [3.05, 3.63) is 59.7 Å². The molecule has 2 aromatic carbocycles. The van der Waals surface area contributed by atoms with Gasteiger partial charge in [0.1, 0.15) is 5.75 Å². The standard InChI is InChI=1S/C18H20N2O6S/c1-25-15-6-4-14(5-7-15)18(22)26-12-17(21)20-11-10-13-2-8-16(9-3-13)27(19,23)24/h2-9H,10-12H2,1H3,(H,20,21)(H2,19,23,24). The summed E-state index contributed by atoms with van der Waals surface area (Å²) in [6.45, 7) is -0.0805. The lowest BCUT2D eigenvalue weighted by molar-refractivity contribution is -0.124. The van der Waals surface area contributed by atoms with Crippen LogP contribution in [0.3, 0.4) is 0 Å². The van der Waals surface area contributed by atoms with E-state index in [1.165, 1.54) is 19.2 Å². The average Bonchev–Trinajstić information content (AvgIpc) is 2.66. The quantitative estimate of drug-likeness (QED) is 0.642. The fourth-order valence-electron chi connectivity index (χ4n) is 2.18. The van der Waals surface area contributed by atoms with Crippen molar-refractivity contribution < 1.29 is 27.5 Å². The number of nitrogens with two attached hydrogens (primary N) is 1. The first-order valence-corrected chi connectivity index (χ1v) is 9.54. The minimum absolute atomic E-state index is 0.0285. The van der Waals surface area contributed by atoms with Crippen molar-refractivity contribution in [2.24, 2.45) is 5.14 Å². The average molecular weight is 392 g/mol. The van der Waals surface area contributed by atoms with Gasteiger partial charge in [0.15, 0.2) is 6.61 Å². The molecule has 2 rings (SSSR count). The maximum Gasteiger partial charge on any atom is 0.338 e. The van der Waals surface area contributed by atoms with Gasteiger partial charge < -0.3 is 14.8 Å². The molecule has 0 bridgehead atoms. The van der Waals surface area contributed by atoms with Crippen LogP contribution >= 0.6 is 0 Å². The predicted molar refractivity (Wildman–Crippen MR) is 97.8 cm³/mol. The van der Waals surface area contributed by atoms with Crippen molar-refractivity contribution >= 4 is 21.9 Å². The number of amides is 1. The van der Waals surface area contributed by atoms with E-state index in [-0.39, 0.29) is 4.90 Å². The second kappa shape index (κ2) is 9.15. The number of ether oxygens (including phenoxy) is 2. The highest BCUT2D eigenvalue weighted by molar-refractivity contribution is 7.89. The molecule has 0 aliphatic rings. The zero-order valence-corrected chi connectivity index (χ0v) is 15.5. The molecule has 0 aromatic heterocycles. The minimum Gasteiger partial charge on any atom is -0.497 e. The van der Waals surface area contributed by atoms with E-state index in [2.05, 4.69) is 5.32 Å². The molecule has 3 N–H and O–H groups in total. The summed E-state index contributed by atoms with van der Waals surface area (Å²) in [6, 6.07) is 12.4. The number of sulfonamides is 1. The summed E-state index contributed by atoms with van der Waals surface area (Å²) >= 11 is 0. The van der Waals surface area contributed by atoms with Crippen LogP contribution in [-0.2, 0) is 26.0 Å². The molecule has 9 heteroatoms. The highest BCUT2D eigenvalue weighted by Gasteiger charge is 2.10. The molecule has 0 saturated carbocycles. The van der Waals surface area contributed by atoms with Gasteiger partial charge in [0.2, 0.25) is 10.0 Å². The fourth-order valence-corrected chi connectivity index (χ4v) is 2.70. The van der Waals surface area contributed by atoms with E-state index >= 15 is 0 Å². The second-order valence-corrected chi connectivity index (χ2v) is 7.15. The maximum absolute atomic E-state index is 11.9. The molecule has 2 aromatic rings. The largest absolute Gasteiger partial charge is 0.497 e. The van der Waals surface area contributed by atoms with E-state index in [9.17, 15) is 18.0 Å².